The predicted octanol–water partition coefficient (Wildman–Crippen LogP) is 14.2. The molecule has 0 saturated heterocycles. The van der Waals surface area contributed by atoms with Crippen LogP contribution in [0.25, 0.3) is 120 Å². The minimum atomic E-state index is 1.26. The molecule has 1 aliphatic carbocycles. The summed E-state index contributed by atoms with van der Waals surface area (Å²) in [5, 5.41) is 18.4. The highest BCUT2D eigenvalue weighted by Crippen LogP contribution is 2.60. The van der Waals surface area contributed by atoms with Crippen LogP contribution in [-0.2, 0) is 0 Å². The average molecular weight is 629 g/mol. The Labute approximate surface area is 288 Å². The third-order valence-corrected chi connectivity index (χ3v) is 11.5. The zero-order chi connectivity index (χ0) is 32.5. The smallest absolute Gasteiger partial charge is 0.000718 e. The molecule has 0 nitrogen and oxygen atoms in total. The molecule has 0 spiro atoms. The molecule has 0 unspecified atom stereocenters. The minimum Gasteiger partial charge on any atom is -0.0616 e. The molecule has 0 amide bonds. The quantitative estimate of drug-likeness (QED) is 0.132. The lowest BCUT2D eigenvalue weighted by Crippen LogP contribution is -1.94. The molecule has 0 N–H and O–H groups in total. The van der Waals surface area contributed by atoms with E-state index >= 15 is 0 Å². The van der Waals surface area contributed by atoms with Crippen molar-refractivity contribution in [1.29, 1.82) is 0 Å². The van der Waals surface area contributed by atoms with E-state index in [1.54, 1.807) is 0 Å². The fourth-order valence-corrected chi connectivity index (χ4v) is 9.57. The highest BCUT2D eigenvalue weighted by atomic mass is 14.3. The number of fused-ring (bicyclic) bond motifs is 8. The van der Waals surface area contributed by atoms with Crippen molar-refractivity contribution in [2.24, 2.45) is 0 Å². The van der Waals surface area contributed by atoms with Crippen molar-refractivity contribution < 1.29 is 0 Å². The Balaban J connectivity index is 1.35. The first-order chi connectivity index (χ1) is 24.8. The molecular formula is C50H28. The molecule has 11 aromatic rings. The lowest BCUT2D eigenvalue weighted by Gasteiger charge is -2.22. The SMILES string of the molecule is c1ccc2c(-c3c4c(c(-c5cccc6ccccc56)c5ccccc35)-c3ccc5c6cccc7cccc(c8ccc-4c3c85)c76)cccc2c1. The van der Waals surface area contributed by atoms with Gasteiger partial charge in [0.05, 0.1) is 0 Å². The van der Waals surface area contributed by atoms with Crippen molar-refractivity contribution in [3.63, 3.8) is 0 Å². The van der Waals surface area contributed by atoms with E-state index in [0.29, 0.717) is 0 Å². The van der Waals surface area contributed by atoms with Crippen LogP contribution in [0.4, 0.5) is 0 Å². The Kier molecular flexibility index (Phi) is 5.06. The van der Waals surface area contributed by atoms with Crippen molar-refractivity contribution in [2.75, 3.05) is 0 Å². The Morgan fingerprint density at radius 3 is 1.08 bits per heavy atom. The van der Waals surface area contributed by atoms with Gasteiger partial charge < -0.3 is 0 Å². The highest BCUT2D eigenvalue weighted by Gasteiger charge is 2.32. The lowest BCUT2D eigenvalue weighted by atomic mass is 9.81. The van der Waals surface area contributed by atoms with Gasteiger partial charge in [-0.3, -0.25) is 0 Å². The van der Waals surface area contributed by atoms with E-state index in [9.17, 15) is 0 Å². The van der Waals surface area contributed by atoms with Crippen LogP contribution in [0.1, 0.15) is 0 Å². The molecule has 0 aliphatic heterocycles. The summed E-state index contributed by atoms with van der Waals surface area (Å²) in [6.07, 6.45) is 0. The summed E-state index contributed by atoms with van der Waals surface area (Å²) in [4.78, 5) is 0. The molecule has 0 saturated carbocycles. The molecular weight excluding hydrogens is 601 g/mol. The molecule has 0 heteroatoms. The van der Waals surface area contributed by atoms with Crippen molar-refractivity contribution in [3.8, 4) is 44.5 Å². The van der Waals surface area contributed by atoms with Gasteiger partial charge in [-0.15, -0.1) is 0 Å². The Hall–Kier alpha value is -6.50. The summed E-state index contributed by atoms with van der Waals surface area (Å²) in [7, 11) is 0. The number of benzene rings is 11. The van der Waals surface area contributed by atoms with Crippen LogP contribution in [0, 0.1) is 0 Å². The van der Waals surface area contributed by atoms with Crippen LogP contribution >= 0.6 is 0 Å². The molecule has 12 rings (SSSR count). The molecule has 0 atom stereocenters. The van der Waals surface area contributed by atoms with E-state index in [0.717, 1.165) is 0 Å². The van der Waals surface area contributed by atoms with E-state index in [2.05, 4.69) is 170 Å². The van der Waals surface area contributed by atoms with E-state index in [4.69, 9.17) is 0 Å². The Morgan fingerprint density at radius 1 is 0.180 bits per heavy atom. The first kappa shape index (κ1) is 26.5. The van der Waals surface area contributed by atoms with E-state index < -0.39 is 0 Å². The average Bonchev–Trinajstić information content (AvgIpc) is 3.51. The Bertz CT molecular complexity index is 3030. The van der Waals surface area contributed by atoms with E-state index in [-0.39, 0.29) is 0 Å². The molecule has 0 heterocycles. The van der Waals surface area contributed by atoms with Gasteiger partial charge in [0.15, 0.2) is 0 Å². The zero-order valence-corrected chi connectivity index (χ0v) is 27.2. The minimum absolute atomic E-state index is 1.26. The second-order valence-corrected chi connectivity index (χ2v) is 13.9. The molecule has 228 valence electrons. The summed E-state index contributed by atoms with van der Waals surface area (Å²) in [6, 6.07) is 63.7. The van der Waals surface area contributed by atoms with Crippen LogP contribution in [0.15, 0.2) is 170 Å². The molecule has 50 heavy (non-hydrogen) atoms. The fourth-order valence-electron chi connectivity index (χ4n) is 9.57. The maximum Gasteiger partial charge on any atom is -0.000718 e. The van der Waals surface area contributed by atoms with Crippen LogP contribution in [-0.4, -0.2) is 0 Å². The normalized spacial score (nSPS) is 12.4. The van der Waals surface area contributed by atoms with Gasteiger partial charge in [0, 0.05) is 0 Å². The van der Waals surface area contributed by atoms with Gasteiger partial charge in [0.2, 0.25) is 0 Å². The first-order valence-electron chi connectivity index (χ1n) is 17.5. The molecule has 1 aliphatic rings. The van der Waals surface area contributed by atoms with Gasteiger partial charge in [0.1, 0.15) is 0 Å². The molecule has 0 bridgehead atoms. The van der Waals surface area contributed by atoms with Gasteiger partial charge in [0.25, 0.3) is 0 Å². The van der Waals surface area contributed by atoms with Crippen LogP contribution in [0.3, 0.4) is 0 Å². The molecule has 0 aromatic heterocycles. The maximum absolute atomic E-state index is 2.43. The third-order valence-electron chi connectivity index (χ3n) is 11.5. The van der Waals surface area contributed by atoms with Gasteiger partial charge >= 0.3 is 0 Å². The van der Waals surface area contributed by atoms with Crippen LogP contribution in [0.5, 0.6) is 0 Å². The summed E-state index contributed by atoms with van der Waals surface area (Å²) in [5.41, 5.74) is 10.6. The van der Waals surface area contributed by atoms with Gasteiger partial charge in [-0.05, 0) is 120 Å². The largest absolute Gasteiger partial charge is 0.0616 e. The summed E-state index contributed by atoms with van der Waals surface area (Å²) < 4.78 is 0. The van der Waals surface area contributed by atoms with Gasteiger partial charge in [-0.1, -0.05) is 170 Å². The summed E-state index contributed by atoms with van der Waals surface area (Å²) in [5.74, 6) is 0. The maximum atomic E-state index is 2.43. The zero-order valence-electron chi connectivity index (χ0n) is 27.2. The second-order valence-electron chi connectivity index (χ2n) is 13.9. The van der Waals surface area contributed by atoms with Crippen molar-refractivity contribution >= 4 is 75.4 Å². The molecule has 11 aromatic carbocycles. The standard InChI is InChI=1S/C50H28/c1-3-17-32-29(11-1)13-7-21-34(32)46-38-19-5-6-20-39(38)47(35-22-8-14-30-12-2-4-18-33(30)35)50-43-28-26-41-37-24-10-16-31-15-9-23-36(44(31)37)40-25-27-42(49(46)50)48(43)45(40)41/h1-28H. The number of rotatable bonds is 2. The third kappa shape index (κ3) is 3.26. The number of hydrogen-bond donors (Lipinski definition) is 0. The van der Waals surface area contributed by atoms with Crippen molar-refractivity contribution in [2.45, 2.75) is 0 Å². The van der Waals surface area contributed by atoms with E-state index in [1.807, 2.05) is 0 Å². The topological polar surface area (TPSA) is 0 Å². The van der Waals surface area contributed by atoms with Crippen LogP contribution < -0.4 is 0 Å². The van der Waals surface area contributed by atoms with Gasteiger partial charge in [-0.2, -0.15) is 0 Å². The molecule has 0 fully saturated rings. The van der Waals surface area contributed by atoms with Crippen molar-refractivity contribution in [3.05, 3.63) is 170 Å². The van der Waals surface area contributed by atoms with Crippen molar-refractivity contribution in [1.82, 2.24) is 0 Å². The first-order valence-corrected chi connectivity index (χ1v) is 17.5. The lowest BCUT2D eigenvalue weighted by molar-refractivity contribution is 1.65. The highest BCUT2D eigenvalue weighted by molar-refractivity contribution is 6.39. The van der Waals surface area contributed by atoms with E-state index in [1.165, 1.54) is 120 Å². The second kappa shape index (κ2) is 9.56. The summed E-state index contributed by atoms with van der Waals surface area (Å²) in [6.45, 7) is 0. The summed E-state index contributed by atoms with van der Waals surface area (Å²) >= 11 is 0. The monoisotopic (exact) mass is 628 g/mol. The number of hydrogen-bond acceptors (Lipinski definition) is 0. The fraction of sp³-hybridized carbons (Fsp3) is 0. The predicted molar refractivity (Wildman–Crippen MR) is 215 cm³/mol. The Morgan fingerprint density at radius 2 is 0.560 bits per heavy atom. The van der Waals surface area contributed by atoms with Crippen LogP contribution in [0.2, 0.25) is 0 Å². The molecule has 0 radical (unpaired) electrons. The van der Waals surface area contributed by atoms with Gasteiger partial charge in [-0.25, -0.2) is 0 Å².